The van der Waals surface area contributed by atoms with Crippen molar-refractivity contribution in [3.05, 3.63) is 95.6 Å². The standard InChI is InChI=1S/C38H50N6O6/c1-27(2)34(39)37(45)50-43-36(41)31-13-17-33(18-14-31)48-25-7-21-44-22-19-28(20-23-44)10-6-24-47-32-15-11-30(12-16-32)35(40)42-38(46)49-26-29-8-4-3-5-9-29/h3-5,8-9,11-18,27-28,34H,6-7,10,19-26,39H2,1-2H3,(H2,41,43)(H2,40,42,46). The lowest BCUT2D eigenvalue weighted by molar-refractivity contribution is -0.146. The summed E-state index contributed by atoms with van der Waals surface area (Å²) < 4.78 is 17.0. The van der Waals surface area contributed by atoms with E-state index in [0.717, 1.165) is 56.0 Å². The summed E-state index contributed by atoms with van der Waals surface area (Å²) in [6, 6.07) is 23.1. The molecule has 1 fully saturated rings. The highest BCUT2D eigenvalue weighted by molar-refractivity contribution is 6.02. The third kappa shape index (κ3) is 12.8. The van der Waals surface area contributed by atoms with Crippen LogP contribution in [0.2, 0.25) is 0 Å². The number of amides is 1. The Kier molecular flexibility index (Phi) is 15.1. The topological polar surface area (TPSA) is 177 Å². The average Bonchev–Trinajstić information content (AvgIpc) is 3.14. The zero-order valence-corrected chi connectivity index (χ0v) is 29.0. The van der Waals surface area contributed by atoms with Gasteiger partial charge in [-0.25, -0.2) is 9.59 Å². The van der Waals surface area contributed by atoms with Crippen LogP contribution >= 0.6 is 0 Å². The molecular weight excluding hydrogens is 636 g/mol. The molecule has 3 aromatic carbocycles. The number of piperidine rings is 1. The Hall–Kier alpha value is -4.94. The predicted octanol–water partition coefficient (Wildman–Crippen LogP) is 5.22. The van der Waals surface area contributed by atoms with Crippen LogP contribution in [0.5, 0.6) is 11.5 Å². The van der Waals surface area contributed by atoms with Crippen LogP contribution in [0.15, 0.2) is 89.0 Å². The average molecular weight is 687 g/mol. The fourth-order valence-electron chi connectivity index (χ4n) is 5.38. The van der Waals surface area contributed by atoms with Crippen LogP contribution in [0.4, 0.5) is 4.79 Å². The van der Waals surface area contributed by atoms with Gasteiger partial charge >= 0.3 is 12.1 Å². The number of ether oxygens (including phenoxy) is 3. The van der Waals surface area contributed by atoms with Gasteiger partial charge in [0.05, 0.1) is 13.2 Å². The predicted molar refractivity (Wildman–Crippen MR) is 194 cm³/mol. The summed E-state index contributed by atoms with van der Waals surface area (Å²) in [7, 11) is 0. The monoisotopic (exact) mass is 686 g/mol. The van der Waals surface area contributed by atoms with Gasteiger partial charge in [0.2, 0.25) is 0 Å². The number of oxime groups is 1. The molecule has 3 aromatic rings. The Morgan fingerprint density at radius 3 is 2.00 bits per heavy atom. The SMILES string of the molecule is CC(C)C(N)C(=O)O/N=C(\N)c1ccc(OCCCN2CCC(CCCOc3ccc(/C(N)=N/C(=O)OCc4ccccc4)cc3)CC2)cc1. The minimum absolute atomic E-state index is 0.0568. The minimum atomic E-state index is -0.752. The van der Waals surface area contributed by atoms with Crippen molar-refractivity contribution in [2.75, 3.05) is 32.8 Å². The highest BCUT2D eigenvalue weighted by Gasteiger charge is 2.20. The Morgan fingerprint density at radius 1 is 0.820 bits per heavy atom. The number of hydrogen-bond donors (Lipinski definition) is 3. The first-order valence-electron chi connectivity index (χ1n) is 17.2. The fourth-order valence-corrected chi connectivity index (χ4v) is 5.38. The number of carbonyl (C=O) groups excluding carboxylic acids is 2. The van der Waals surface area contributed by atoms with Crippen molar-refractivity contribution in [3.8, 4) is 11.5 Å². The number of hydrogen-bond acceptors (Lipinski definition) is 9. The maximum absolute atomic E-state index is 12.0. The van der Waals surface area contributed by atoms with E-state index in [4.69, 9.17) is 36.2 Å². The zero-order valence-electron chi connectivity index (χ0n) is 29.0. The van der Waals surface area contributed by atoms with Gasteiger partial charge in [0, 0.05) is 17.7 Å². The molecule has 1 aliphatic heterocycles. The number of likely N-dealkylation sites (tertiary alicyclic amines) is 1. The lowest BCUT2D eigenvalue weighted by Gasteiger charge is -2.32. The number of carbonyl (C=O) groups is 2. The number of nitrogens with zero attached hydrogens (tertiary/aromatic N) is 3. The van der Waals surface area contributed by atoms with Crippen LogP contribution in [0.1, 0.15) is 62.6 Å². The summed E-state index contributed by atoms with van der Waals surface area (Å²) in [5.41, 5.74) is 19.9. The van der Waals surface area contributed by atoms with Gasteiger partial charge in [0.15, 0.2) is 5.84 Å². The summed E-state index contributed by atoms with van der Waals surface area (Å²) >= 11 is 0. The minimum Gasteiger partial charge on any atom is -0.494 e. The molecule has 1 atom stereocenters. The first kappa shape index (κ1) is 37.9. The van der Waals surface area contributed by atoms with Crippen LogP contribution < -0.4 is 26.7 Å². The Bertz CT molecular complexity index is 1540. The molecule has 0 saturated carbocycles. The van der Waals surface area contributed by atoms with E-state index in [1.54, 1.807) is 24.3 Å². The van der Waals surface area contributed by atoms with E-state index in [-0.39, 0.29) is 24.2 Å². The smallest absolute Gasteiger partial charge is 0.435 e. The molecule has 12 nitrogen and oxygen atoms in total. The van der Waals surface area contributed by atoms with Gasteiger partial charge < -0.3 is 41.1 Å². The van der Waals surface area contributed by atoms with Gasteiger partial charge in [0.1, 0.15) is 30.0 Å². The van der Waals surface area contributed by atoms with Crippen LogP contribution in [0.3, 0.4) is 0 Å². The van der Waals surface area contributed by atoms with Crippen LogP contribution in [0, 0.1) is 11.8 Å². The highest BCUT2D eigenvalue weighted by Crippen LogP contribution is 2.23. The molecule has 4 rings (SSSR count). The molecule has 0 aliphatic carbocycles. The van der Waals surface area contributed by atoms with E-state index in [9.17, 15) is 9.59 Å². The highest BCUT2D eigenvalue weighted by atomic mass is 16.7. The summed E-state index contributed by atoms with van der Waals surface area (Å²) in [6.07, 6.45) is 4.71. The number of rotatable bonds is 17. The quantitative estimate of drug-likeness (QED) is 0.0561. The Balaban J connectivity index is 1.04. The lowest BCUT2D eigenvalue weighted by atomic mass is 9.92. The van der Waals surface area contributed by atoms with Crippen molar-refractivity contribution in [2.45, 2.75) is 58.6 Å². The van der Waals surface area contributed by atoms with Crippen molar-refractivity contribution in [2.24, 2.45) is 39.2 Å². The molecule has 0 aromatic heterocycles. The van der Waals surface area contributed by atoms with Crippen LogP contribution in [0.25, 0.3) is 0 Å². The fraction of sp³-hybridized carbons (Fsp3) is 0.421. The summed E-state index contributed by atoms with van der Waals surface area (Å²) in [5, 5.41) is 3.71. The van der Waals surface area contributed by atoms with Gasteiger partial charge in [0.25, 0.3) is 0 Å². The van der Waals surface area contributed by atoms with E-state index in [1.807, 2.05) is 68.4 Å². The van der Waals surface area contributed by atoms with Crippen LogP contribution in [-0.2, 0) is 21.0 Å². The van der Waals surface area contributed by atoms with E-state index in [2.05, 4.69) is 15.0 Å². The first-order valence-corrected chi connectivity index (χ1v) is 17.2. The Morgan fingerprint density at radius 2 is 1.40 bits per heavy atom. The maximum Gasteiger partial charge on any atom is 0.435 e. The van der Waals surface area contributed by atoms with Gasteiger partial charge in [-0.1, -0.05) is 49.3 Å². The van der Waals surface area contributed by atoms with E-state index in [1.165, 1.54) is 12.8 Å². The van der Waals surface area contributed by atoms with Crippen molar-refractivity contribution in [1.82, 2.24) is 4.90 Å². The second-order valence-electron chi connectivity index (χ2n) is 12.7. The van der Waals surface area contributed by atoms with Crippen molar-refractivity contribution in [3.63, 3.8) is 0 Å². The lowest BCUT2D eigenvalue weighted by Crippen LogP contribution is -2.36. The molecule has 1 aliphatic rings. The molecule has 0 bridgehead atoms. The molecular formula is C38H50N6O6. The van der Waals surface area contributed by atoms with Gasteiger partial charge in [-0.3, -0.25) is 0 Å². The molecule has 6 N–H and O–H groups in total. The summed E-state index contributed by atoms with van der Waals surface area (Å²) in [5.74, 6) is 1.72. The van der Waals surface area contributed by atoms with Crippen molar-refractivity contribution in [1.29, 1.82) is 0 Å². The maximum atomic E-state index is 12.0. The number of benzene rings is 3. The van der Waals surface area contributed by atoms with E-state index < -0.39 is 18.1 Å². The second-order valence-corrected chi connectivity index (χ2v) is 12.7. The zero-order chi connectivity index (χ0) is 35.7. The summed E-state index contributed by atoms with van der Waals surface area (Å²) in [4.78, 5) is 35.1. The third-order valence-corrected chi connectivity index (χ3v) is 8.56. The summed E-state index contributed by atoms with van der Waals surface area (Å²) in [6.45, 7) is 8.25. The van der Waals surface area contributed by atoms with Gasteiger partial charge in [-0.05, 0) is 111 Å². The molecule has 1 heterocycles. The largest absolute Gasteiger partial charge is 0.494 e. The van der Waals surface area contributed by atoms with E-state index in [0.29, 0.717) is 30.3 Å². The molecule has 50 heavy (non-hydrogen) atoms. The molecule has 0 radical (unpaired) electrons. The molecule has 1 saturated heterocycles. The number of aliphatic imine (C=N–C) groups is 1. The first-order chi connectivity index (χ1) is 24.2. The second kappa shape index (κ2) is 19.9. The molecule has 268 valence electrons. The number of nitrogens with two attached hydrogens (primary N) is 3. The number of amidine groups is 2. The van der Waals surface area contributed by atoms with Crippen molar-refractivity contribution < 1.29 is 28.6 Å². The molecule has 1 amide bonds. The molecule has 12 heteroatoms. The Labute approximate surface area is 294 Å². The third-order valence-electron chi connectivity index (χ3n) is 8.56. The van der Waals surface area contributed by atoms with Gasteiger partial charge in [-0.15, -0.1) is 0 Å². The normalized spacial score (nSPS) is 15.0. The molecule has 0 spiro atoms. The van der Waals surface area contributed by atoms with Crippen LogP contribution in [-0.4, -0.2) is 67.5 Å². The molecule has 1 unspecified atom stereocenters. The van der Waals surface area contributed by atoms with Crippen molar-refractivity contribution >= 4 is 23.7 Å². The van der Waals surface area contributed by atoms with E-state index >= 15 is 0 Å². The van der Waals surface area contributed by atoms with Gasteiger partial charge in [-0.2, -0.15) is 4.99 Å².